The number of rotatable bonds is 8. The van der Waals surface area contributed by atoms with Crippen LogP contribution in [-0.2, 0) is 16.1 Å². The van der Waals surface area contributed by atoms with Gasteiger partial charge in [-0.15, -0.1) is 0 Å². The summed E-state index contributed by atoms with van der Waals surface area (Å²) < 4.78 is 15.3. The Hall–Kier alpha value is -3.22. The maximum atomic E-state index is 12.2. The molecule has 27 heavy (non-hydrogen) atoms. The number of carbonyl (C=O) groups is 2. The largest absolute Gasteiger partial charge is 0.504 e. The number of ether oxygens (including phenoxy) is 3. The van der Waals surface area contributed by atoms with E-state index < -0.39 is 12.6 Å². The highest BCUT2D eigenvalue weighted by molar-refractivity contribution is 5.94. The number of hydrogen-bond acceptors (Lipinski definition) is 6. The minimum atomic E-state index is -0.797. The van der Waals surface area contributed by atoms with E-state index in [0.717, 1.165) is 11.3 Å². The van der Waals surface area contributed by atoms with Crippen LogP contribution >= 0.6 is 0 Å². The van der Waals surface area contributed by atoms with Gasteiger partial charge in [-0.1, -0.05) is 18.2 Å². The SMILES string of the molecule is CCOc1ccc(CN(C)C(=O)COC(=O)c2cccc(OC)c2O)cc1. The van der Waals surface area contributed by atoms with Gasteiger partial charge in [0.15, 0.2) is 18.1 Å². The second-order valence-electron chi connectivity index (χ2n) is 5.76. The van der Waals surface area contributed by atoms with Gasteiger partial charge >= 0.3 is 5.97 Å². The molecule has 0 aromatic heterocycles. The molecule has 0 aliphatic heterocycles. The zero-order chi connectivity index (χ0) is 19.8. The van der Waals surface area contributed by atoms with Crippen LogP contribution in [0.2, 0.25) is 0 Å². The average Bonchev–Trinajstić information content (AvgIpc) is 2.67. The third-order valence-electron chi connectivity index (χ3n) is 3.85. The first-order chi connectivity index (χ1) is 13.0. The van der Waals surface area contributed by atoms with Crippen molar-refractivity contribution in [2.24, 2.45) is 0 Å². The topological polar surface area (TPSA) is 85.3 Å². The number of amides is 1. The number of nitrogens with zero attached hydrogens (tertiary/aromatic N) is 1. The lowest BCUT2D eigenvalue weighted by Crippen LogP contribution is -2.30. The highest BCUT2D eigenvalue weighted by atomic mass is 16.5. The third kappa shape index (κ3) is 5.37. The van der Waals surface area contributed by atoms with E-state index in [4.69, 9.17) is 14.2 Å². The Morgan fingerprint density at radius 2 is 1.81 bits per heavy atom. The van der Waals surface area contributed by atoms with E-state index in [9.17, 15) is 14.7 Å². The molecule has 0 aliphatic carbocycles. The molecule has 0 aliphatic rings. The number of phenolic OH excluding ortho intramolecular Hbond substituents is 1. The van der Waals surface area contributed by atoms with E-state index in [-0.39, 0.29) is 23.0 Å². The van der Waals surface area contributed by atoms with Crippen LogP contribution in [0.5, 0.6) is 17.2 Å². The van der Waals surface area contributed by atoms with E-state index >= 15 is 0 Å². The highest BCUT2D eigenvalue weighted by Gasteiger charge is 2.18. The van der Waals surface area contributed by atoms with Crippen LogP contribution in [0, 0.1) is 0 Å². The van der Waals surface area contributed by atoms with Crippen molar-refractivity contribution in [2.45, 2.75) is 13.5 Å². The molecule has 1 N–H and O–H groups in total. The van der Waals surface area contributed by atoms with Gasteiger partial charge in [0.05, 0.1) is 13.7 Å². The number of aromatic hydroxyl groups is 1. The summed E-state index contributed by atoms with van der Waals surface area (Å²) in [7, 11) is 3.00. The summed E-state index contributed by atoms with van der Waals surface area (Å²) in [4.78, 5) is 25.7. The lowest BCUT2D eigenvalue weighted by Gasteiger charge is -2.17. The first-order valence-electron chi connectivity index (χ1n) is 8.45. The molecule has 0 saturated carbocycles. The standard InChI is InChI=1S/C20H23NO6/c1-4-26-15-10-8-14(9-11-15)12-21(2)18(22)13-27-20(24)16-6-5-7-17(25-3)19(16)23/h5-11,23H,4,12-13H2,1-3H3. The lowest BCUT2D eigenvalue weighted by atomic mass is 10.2. The minimum absolute atomic E-state index is 0.0590. The van der Waals surface area contributed by atoms with Crippen LogP contribution in [0.3, 0.4) is 0 Å². The summed E-state index contributed by atoms with van der Waals surface area (Å²) in [6, 6.07) is 11.9. The molecular formula is C20H23NO6. The molecule has 0 atom stereocenters. The van der Waals surface area contributed by atoms with Gasteiger partial charge in [-0.3, -0.25) is 4.79 Å². The molecule has 2 aromatic rings. The molecule has 0 unspecified atom stereocenters. The number of esters is 1. The van der Waals surface area contributed by atoms with Crippen LogP contribution < -0.4 is 9.47 Å². The summed E-state index contributed by atoms with van der Waals surface area (Å²) >= 11 is 0. The summed E-state index contributed by atoms with van der Waals surface area (Å²) in [5.41, 5.74) is 0.863. The zero-order valence-electron chi connectivity index (χ0n) is 15.6. The number of carbonyl (C=O) groups excluding carboxylic acids is 2. The molecular weight excluding hydrogens is 350 g/mol. The van der Waals surface area contributed by atoms with Crippen molar-refractivity contribution in [3.8, 4) is 17.2 Å². The van der Waals surface area contributed by atoms with Crippen LogP contribution in [-0.4, -0.2) is 49.3 Å². The summed E-state index contributed by atoms with van der Waals surface area (Å²) in [5.74, 6) is -0.556. The quantitative estimate of drug-likeness (QED) is 0.716. The Balaban J connectivity index is 1.90. The molecule has 0 bridgehead atoms. The molecule has 0 heterocycles. The van der Waals surface area contributed by atoms with Crippen molar-refractivity contribution in [3.05, 3.63) is 53.6 Å². The van der Waals surface area contributed by atoms with Gasteiger partial charge in [-0.2, -0.15) is 0 Å². The molecule has 0 spiro atoms. The second-order valence-corrected chi connectivity index (χ2v) is 5.76. The van der Waals surface area contributed by atoms with Crippen molar-refractivity contribution in [1.29, 1.82) is 0 Å². The number of methoxy groups -OCH3 is 1. The molecule has 2 rings (SSSR count). The number of para-hydroxylation sites is 1. The van der Waals surface area contributed by atoms with Crippen molar-refractivity contribution < 1.29 is 28.9 Å². The van der Waals surface area contributed by atoms with E-state index in [1.165, 1.54) is 24.1 Å². The fourth-order valence-corrected chi connectivity index (χ4v) is 2.39. The first kappa shape index (κ1) is 20.1. The number of hydrogen-bond donors (Lipinski definition) is 1. The molecule has 144 valence electrons. The summed E-state index contributed by atoms with van der Waals surface area (Å²) in [6.45, 7) is 2.44. The number of likely N-dealkylation sites (N-methyl/N-ethyl adjacent to an activating group) is 1. The molecule has 2 aromatic carbocycles. The first-order valence-corrected chi connectivity index (χ1v) is 8.45. The molecule has 0 saturated heterocycles. The van der Waals surface area contributed by atoms with Gasteiger partial charge < -0.3 is 24.2 Å². The van der Waals surface area contributed by atoms with Crippen molar-refractivity contribution in [2.75, 3.05) is 27.4 Å². The third-order valence-corrected chi connectivity index (χ3v) is 3.85. The van der Waals surface area contributed by atoms with E-state index in [1.54, 1.807) is 13.1 Å². The minimum Gasteiger partial charge on any atom is -0.504 e. The van der Waals surface area contributed by atoms with Crippen LogP contribution in [0.15, 0.2) is 42.5 Å². The van der Waals surface area contributed by atoms with Gasteiger partial charge in [0.25, 0.3) is 5.91 Å². The van der Waals surface area contributed by atoms with Crippen LogP contribution in [0.1, 0.15) is 22.8 Å². The van der Waals surface area contributed by atoms with Crippen LogP contribution in [0.25, 0.3) is 0 Å². The molecule has 7 heteroatoms. The lowest BCUT2D eigenvalue weighted by molar-refractivity contribution is -0.133. The Morgan fingerprint density at radius 1 is 1.11 bits per heavy atom. The van der Waals surface area contributed by atoms with Crippen LogP contribution in [0.4, 0.5) is 0 Å². The maximum Gasteiger partial charge on any atom is 0.342 e. The molecule has 0 radical (unpaired) electrons. The van der Waals surface area contributed by atoms with Crippen molar-refractivity contribution >= 4 is 11.9 Å². The van der Waals surface area contributed by atoms with Gasteiger partial charge in [0, 0.05) is 13.6 Å². The fourth-order valence-electron chi connectivity index (χ4n) is 2.39. The molecule has 7 nitrogen and oxygen atoms in total. The Labute approximate surface area is 158 Å². The number of benzene rings is 2. The summed E-state index contributed by atoms with van der Waals surface area (Å²) in [6.07, 6.45) is 0. The van der Waals surface area contributed by atoms with Crippen molar-refractivity contribution in [1.82, 2.24) is 4.90 Å². The molecule has 1 amide bonds. The van der Waals surface area contributed by atoms with E-state index in [1.807, 2.05) is 31.2 Å². The Morgan fingerprint density at radius 3 is 2.44 bits per heavy atom. The monoisotopic (exact) mass is 373 g/mol. The Kier molecular flexibility index (Phi) is 7.05. The predicted octanol–water partition coefficient (Wildman–Crippen LogP) is 2.61. The predicted molar refractivity (Wildman–Crippen MR) is 99.0 cm³/mol. The van der Waals surface area contributed by atoms with E-state index in [0.29, 0.717) is 13.2 Å². The maximum absolute atomic E-state index is 12.2. The van der Waals surface area contributed by atoms with Gasteiger partial charge in [0.2, 0.25) is 0 Å². The van der Waals surface area contributed by atoms with Gasteiger partial charge in [-0.05, 0) is 36.8 Å². The van der Waals surface area contributed by atoms with Crippen molar-refractivity contribution in [3.63, 3.8) is 0 Å². The normalized spacial score (nSPS) is 10.2. The highest BCUT2D eigenvalue weighted by Crippen LogP contribution is 2.29. The molecule has 0 fully saturated rings. The fraction of sp³-hybridized carbons (Fsp3) is 0.300. The van der Waals surface area contributed by atoms with Gasteiger partial charge in [-0.25, -0.2) is 4.79 Å². The van der Waals surface area contributed by atoms with Gasteiger partial charge in [0.1, 0.15) is 11.3 Å². The average molecular weight is 373 g/mol. The van der Waals surface area contributed by atoms with E-state index in [2.05, 4.69) is 0 Å². The Bertz CT molecular complexity index is 788. The smallest absolute Gasteiger partial charge is 0.342 e. The zero-order valence-corrected chi connectivity index (χ0v) is 15.6. The second kappa shape index (κ2) is 9.47. The number of phenols is 1. The summed E-state index contributed by atoms with van der Waals surface area (Å²) in [5, 5.41) is 9.96.